The molecule has 2 amide bonds. The van der Waals surface area contributed by atoms with Gasteiger partial charge in [-0.1, -0.05) is 0 Å². The van der Waals surface area contributed by atoms with Gasteiger partial charge in [0.15, 0.2) is 0 Å². The van der Waals surface area contributed by atoms with E-state index < -0.39 is 0 Å². The van der Waals surface area contributed by atoms with Crippen molar-refractivity contribution in [3.8, 4) is 5.75 Å². The molecule has 0 aliphatic carbocycles. The standard InChI is InChI=1S/C23H30N2O7/c1-25-18-5-4-16(12-21(26)29-2)32-20(18)13-31-19-6-3-15(11-17(19)23(25)28)24-22(27)14-7-9-30-10-8-14/h3,6,11,14,16,18,20H,4-5,7-10,12-13H2,1-2H3,(H,24,27)/t16-,18-,20+/m0/s1. The number of anilines is 1. The number of benzene rings is 1. The third-order valence-electron chi connectivity index (χ3n) is 6.49. The van der Waals surface area contributed by atoms with Crippen LogP contribution in [0.1, 0.15) is 42.5 Å². The zero-order valence-corrected chi connectivity index (χ0v) is 18.5. The maximum absolute atomic E-state index is 13.3. The molecule has 2 saturated heterocycles. The Morgan fingerprint density at radius 2 is 1.97 bits per heavy atom. The zero-order valence-electron chi connectivity index (χ0n) is 18.5. The van der Waals surface area contributed by atoms with Crippen LogP contribution >= 0.6 is 0 Å². The van der Waals surface area contributed by atoms with Crippen LogP contribution in [0.2, 0.25) is 0 Å². The summed E-state index contributed by atoms with van der Waals surface area (Å²) in [5.74, 6) is -0.197. The van der Waals surface area contributed by atoms with E-state index in [0.717, 1.165) is 0 Å². The summed E-state index contributed by atoms with van der Waals surface area (Å²) in [4.78, 5) is 39.2. The van der Waals surface area contributed by atoms with Crippen molar-refractivity contribution in [1.82, 2.24) is 4.90 Å². The number of likely N-dealkylation sites (N-methyl/N-ethyl adjacent to an activating group) is 1. The van der Waals surface area contributed by atoms with Crippen molar-refractivity contribution in [2.75, 3.05) is 39.3 Å². The minimum atomic E-state index is -0.339. The fraction of sp³-hybridized carbons (Fsp3) is 0.609. The van der Waals surface area contributed by atoms with E-state index in [-0.39, 0.29) is 55.0 Å². The van der Waals surface area contributed by atoms with E-state index in [1.165, 1.54) is 7.11 Å². The van der Waals surface area contributed by atoms with Crippen molar-refractivity contribution in [3.05, 3.63) is 23.8 Å². The Labute approximate surface area is 187 Å². The molecule has 32 heavy (non-hydrogen) atoms. The number of nitrogens with zero attached hydrogens (tertiary/aromatic N) is 1. The van der Waals surface area contributed by atoms with Crippen molar-refractivity contribution in [2.45, 2.75) is 50.4 Å². The van der Waals surface area contributed by atoms with Crippen molar-refractivity contribution < 1.29 is 33.3 Å². The van der Waals surface area contributed by atoms with E-state index in [0.29, 0.717) is 55.9 Å². The van der Waals surface area contributed by atoms with E-state index in [4.69, 9.17) is 18.9 Å². The number of hydrogen-bond acceptors (Lipinski definition) is 7. The number of esters is 1. The number of nitrogens with one attached hydrogen (secondary N) is 1. The predicted molar refractivity (Wildman–Crippen MR) is 115 cm³/mol. The summed E-state index contributed by atoms with van der Waals surface area (Å²) in [7, 11) is 3.11. The van der Waals surface area contributed by atoms with Crippen molar-refractivity contribution in [1.29, 1.82) is 0 Å². The monoisotopic (exact) mass is 446 g/mol. The molecule has 4 rings (SSSR count). The van der Waals surface area contributed by atoms with Crippen LogP contribution in [0.4, 0.5) is 5.69 Å². The maximum atomic E-state index is 13.3. The first-order valence-electron chi connectivity index (χ1n) is 11.1. The summed E-state index contributed by atoms with van der Waals surface area (Å²) in [6.07, 6.45) is 2.34. The summed E-state index contributed by atoms with van der Waals surface area (Å²) in [6, 6.07) is 4.96. The largest absolute Gasteiger partial charge is 0.490 e. The molecule has 3 aliphatic rings. The molecule has 1 aromatic rings. The molecular formula is C23H30N2O7. The minimum Gasteiger partial charge on any atom is -0.490 e. The molecule has 0 saturated carbocycles. The second-order valence-corrected chi connectivity index (χ2v) is 8.54. The van der Waals surface area contributed by atoms with E-state index >= 15 is 0 Å². The van der Waals surface area contributed by atoms with E-state index in [1.54, 1.807) is 30.1 Å². The van der Waals surface area contributed by atoms with E-state index in [9.17, 15) is 14.4 Å². The van der Waals surface area contributed by atoms with Gasteiger partial charge in [0.2, 0.25) is 5.91 Å². The zero-order chi connectivity index (χ0) is 22.7. The van der Waals surface area contributed by atoms with Gasteiger partial charge in [0.1, 0.15) is 18.5 Å². The van der Waals surface area contributed by atoms with Gasteiger partial charge in [0, 0.05) is 31.9 Å². The first-order chi connectivity index (χ1) is 15.5. The fourth-order valence-electron chi connectivity index (χ4n) is 4.58. The molecule has 1 aromatic carbocycles. The molecule has 9 heteroatoms. The van der Waals surface area contributed by atoms with Crippen LogP contribution in [0.3, 0.4) is 0 Å². The molecule has 0 aromatic heterocycles. The number of carbonyl (C=O) groups is 3. The summed E-state index contributed by atoms with van der Waals surface area (Å²) < 4.78 is 22.1. The molecule has 0 radical (unpaired) electrons. The average Bonchev–Trinajstić information content (AvgIpc) is 2.82. The maximum Gasteiger partial charge on any atom is 0.308 e. The van der Waals surface area contributed by atoms with Crippen molar-refractivity contribution in [3.63, 3.8) is 0 Å². The van der Waals surface area contributed by atoms with Crippen LogP contribution < -0.4 is 10.1 Å². The number of fused-ring (bicyclic) bond motifs is 2. The van der Waals surface area contributed by atoms with Crippen LogP contribution in [0.5, 0.6) is 5.75 Å². The van der Waals surface area contributed by atoms with Crippen LogP contribution in [0.15, 0.2) is 18.2 Å². The molecule has 2 fully saturated rings. The van der Waals surface area contributed by atoms with Gasteiger partial charge in [-0.25, -0.2) is 0 Å². The number of hydrogen-bond donors (Lipinski definition) is 1. The van der Waals surface area contributed by atoms with Crippen LogP contribution in [-0.2, 0) is 23.8 Å². The fourth-order valence-corrected chi connectivity index (χ4v) is 4.58. The lowest BCUT2D eigenvalue weighted by atomic mass is 9.94. The van der Waals surface area contributed by atoms with Gasteiger partial charge in [0.05, 0.1) is 31.2 Å². The van der Waals surface area contributed by atoms with E-state index in [2.05, 4.69) is 5.32 Å². The Morgan fingerprint density at radius 3 is 2.72 bits per heavy atom. The van der Waals surface area contributed by atoms with Crippen molar-refractivity contribution in [2.24, 2.45) is 5.92 Å². The Kier molecular flexibility index (Phi) is 6.95. The smallest absolute Gasteiger partial charge is 0.308 e. The number of carbonyl (C=O) groups excluding carboxylic acids is 3. The van der Waals surface area contributed by atoms with Crippen molar-refractivity contribution >= 4 is 23.5 Å². The summed E-state index contributed by atoms with van der Waals surface area (Å²) in [6.45, 7) is 1.44. The molecular weight excluding hydrogens is 416 g/mol. The summed E-state index contributed by atoms with van der Waals surface area (Å²) >= 11 is 0. The highest BCUT2D eigenvalue weighted by atomic mass is 16.6. The Hall–Kier alpha value is -2.65. The highest BCUT2D eigenvalue weighted by molar-refractivity contribution is 6.00. The SMILES string of the molecule is COC(=O)C[C@@H]1CC[C@H]2[C@@H](COc3ccc(NC(=O)C4CCOCC4)cc3C(=O)N2C)O1. The van der Waals surface area contributed by atoms with Crippen LogP contribution in [0, 0.1) is 5.92 Å². The highest BCUT2D eigenvalue weighted by Crippen LogP contribution is 2.32. The topological polar surface area (TPSA) is 103 Å². The van der Waals surface area contributed by atoms with Gasteiger partial charge in [-0.15, -0.1) is 0 Å². The summed E-state index contributed by atoms with van der Waals surface area (Å²) in [5, 5.41) is 2.93. The lowest BCUT2D eigenvalue weighted by Crippen LogP contribution is -2.53. The first-order valence-corrected chi connectivity index (χ1v) is 11.1. The van der Waals surface area contributed by atoms with Crippen LogP contribution in [-0.4, -0.2) is 74.9 Å². The van der Waals surface area contributed by atoms with Gasteiger partial charge >= 0.3 is 5.97 Å². The minimum absolute atomic E-state index is 0.0572. The van der Waals surface area contributed by atoms with Gasteiger partial charge in [0.25, 0.3) is 5.91 Å². The molecule has 1 N–H and O–H groups in total. The molecule has 3 heterocycles. The number of ether oxygens (including phenoxy) is 4. The third kappa shape index (κ3) is 4.88. The predicted octanol–water partition coefficient (Wildman–Crippen LogP) is 2.00. The second kappa shape index (κ2) is 9.87. The normalized spacial score (nSPS) is 26.1. The molecule has 174 valence electrons. The molecule has 3 aliphatic heterocycles. The van der Waals surface area contributed by atoms with Gasteiger partial charge < -0.3 is 29.2 Å². The molecule has 0 unspecified atom stereocenters. The highest BCUT2D eigenvalue weighted by Gasteiger charge is 2.39. The molecule has 3 atom stereocenters. The number of methoxy groups -OCH3 is 1. The first kappa shape index (κ1) is 22.5. The lowest BCUT2D eigenvalue weighted by Gasteiger charge is -2.42. The van der Waals surface area contributed by atoms with E-state index in [1.807, 2.05) is 0 Å². The van der Waals surface area contributed by atoms with Gasteiger partial charge in [-0.3, -0.25) is 14.4 Å². The third-order valence-corrected chi connectivity index (χ3v) is 6.49. The van der Waals surface area contributed by atoms with Gasteiger partial charge in [-0.2, -0.15) is 0 Å². The molecule has 0 bridgehead atoms. The molecule has 9 nitrogen and oxygen atoms in total. The van der Waals surface area contributed by atoms with Crippen LogP contribution in [0.25, 0.3) is 0 Å². The Balaban J connectivity index is 1.48. The quantitative estimate of drug-likeness (QED) is 0.706. The Morgan fingerprint density at radius 1 is 1.19 bits per heavy atom. The Bertz CT molecular complexity index is 868. The second-order valence-electron chi connectivity index (χ2n) is 8.54. The molecule has 0 spiro atoms. The van der Waals surface area contributed by atoms with Gasteiger partial charge in [-0.05, 0) is 43.9 Å². The average molecular weight is 447 g/mol. The number of rotatable bonds is 4. The number of amides is 2. The summed E-state index contributed by atoms with van der Waals surface area (Å²) in [5.41, 5.74) is 0.980. The lowest BCUT2D eigenvalue weighted by molar-refractivity contribution is -0.151.